The summed E-state index contributed by atoms with van der Waals surface area (Å²) in [4.78, 5) is 15.8. The van der Waals surface area contributed by atoms with Crippen molar-refractivity contribution in [1.29, 1.82) is 0 Å². The van der Waals surface area contributed by atoms with Crippen molar-refractivity contribution >= 4 is 17.4 Å². The summed E-state index contributed by atoms with van der Waals surface area (Å²) in [6.45, 7) is 2.44. The number of urea groups is 1. The number of halogens is 3. The van der Waals surface area contributed by atoms with Gasteiger partial charge >= 0.3 is 12.6 Å². The number of nitrogens with one attached hydrogen (secondary N) is 1. The molecule has 168 valence electrons. The van der Waals surface area contributed by atoms with Gasteiger partial charge in [0.05, 0.1) is 17.9 Å². The monoisotopic (exact) mass is 437 g/mol. The molecule has 2 unspecified atom stereocenters. The molecule has 0 spiro atoms. The molecule has 2 aromatic carbocycles. The van der Waals surface area contributed by atoms with E-state index in [2.05, 4.69) is 10.1 Å². The lowest BCUT2D eigenvalue weighted by Gasteiger charge is -2.37. The van der Waals surface area contributed by atoms with Crippen LogP contribution >= 0.6 is 0 Å². The smallest absolute Gasteiger partial charge is 0.387 e. The number of hydrogen-bond acceptors (Lipinski definition) is 4. The van der Waals surface area contributed by atoms with Crippen molar-refractivity contribution < 1.29 is 27.4 Å². The summed E-state index contributed by atoms with van der Waals surface area (Å²) >= 11 is 0. The van der Waals surface area contributed by atoms with Gasteiger partial charge in [-0.3, -0.25) is 0 Å². The van der Waals surface area contributed by atoms with Crippen LogP contribution in [0.1, 0.15) is 19.4 Å². The molecule has 1 aliphatic rings. The summed E-state index contributed by atoms with van der Waals surface area (Å²) < 4.78 is 49.1. The van der Waals surface area contributed by atoms with Crippen LogP contribution in [0.25, 0.3) is 0 Å². The van der Waals surface area contributed by atoms with E-state index in [-0.39, 0.29) is 24.5 Å². The van der Waals surface area contributed by atoms with Crippen LogP contribution in [0.15, 0.2) is 42.5 Å². The first-order valence-corrected chi connectivity index (χ1v) is 9.97. The van der Waals surface area contributed by atoms with Gasteiger partial charge in [-0.2, -0.15) is 8.78 Å². The Morgan fingerprint density at radius 3 is 2.42 bits per heavy atom. The second-order valence-electron chi connectivity index (χ2n) is 7.64. The molecule has 0 aromatic heterocycles. The Morgan fingerprint density at radius 2 is 1.84 bits per heavy atom. The van der Waals surface area contributed by atoms with Gasteiger partial charge in [-0.1, -0.05) is 12.1 Å². The van der Waals surface area contributed by atoms with Crippen LogP contribution in [-0.4, -0.2) is 49.9 Å². The summed E-state index contributed by atoms with van der Waals surface area (Å²) in [6, 6.07) is 10.2. The Balaban J connectivity index is 1.59. The van der Waals surface area contributed by atoms with E-state index in [0.29, 0.717) is 24.5 Å². The van der Waals surface area contributed by atoms with E-state index in [1.165, 1.54) is 23.1 Å². The Labute approximate surface area is 179 Å². The highest BCUT2D eigenvalue weighted by Gasteiger charge is 2.24. The Kier molecular flexibility index (Phi) is 7.27. The molecule has 2 atom stereocenters. The van der Waals surface area contributed by atoms with Gasteiger partial charge in [0.1, 0.15) is 11.6 Å². The van der Waals surface area contributed by atoms with Gasteiger partial charge < -0.3 is 24.6 Å². The molecule has 1 N–H and O–H groups in total. The van der Waals surface area contributed by atoms with Gasteiger partial charge in [-0.15, -0.1) is 0 Å². The number of amides is 2. The molecular weight excluding hydrogens is 411 g/mol. The van der Waals surface area contributed by atoms with Gasteiger partial charge in [0.25, 0.3) is 0 Å². The molecule has 1 fully saturated rings. The number of rotatable bonds is 6. The normalized spacial score (nSPS) is 18.7. The molecule has 1 aliphatic heterocycles. The highest BCUT2D eigenvalue weighted by atomic mass is 19.3. The van der Waals surface area contributed by atoms with E-state index in [1.54, 1.807) is 31.3 Å². The fourth-order valence-electron chi connectivity index (χ4n) is 3.56. The molecular formula is C22H26F3N3O3. The number of benzene rings is 2. The number of anilines is 2. The number of morpholine rings is 1. The molecule has 6 nitrogen and oxygen atoms in total. The van der Waals surface area contributed by atoms with Crippen molar-refractivity contribution in [3.05, 3.63) is 53.8 Å². The van der Waals surface area contributed by atoms with Crippen molar-refractivity contribution in [2.75, 3.05) is 30.4 Å². The number of ether oxygens (including phenoxy) is 2. The second-order valence-corrected chi connectivity index (χ2v) is 7.64. The third-order valence-corrected chi connectivity index (χ3v) is 4.87. The van der Waals surface area contributed by atoms with Crippen molar-refractivity contribution in [2.24, 2.45) is 0 Å². The topological polar surface area (TPSA) is 54.0 Å². The number of hydrogen-bond donors (Lipinski definition) is 1. The van der Waals surface area contributed by atoms with E-state index in [9.17, 15) is 18.0 Å². The van der Waals surface area contributed by atoms with Crippen LogP contribution in [0.3, 0.4) is 0 Å². The summed E-state index contributed by atoms with van der Waals surface area (Å²) in [5, 5.41) is 2.67. The largest absolute Gasteiger partial charge is 0.435 e. The third-order valence-electron chi connectivity index (χ3n) is 4.87. The van der Waals surface area contributed by atoms with Crippen molar-refractivity contribution in [1.82, 2.24) is 4.90 Å². The first kappa shape index (κ1) is 22.7. The van der Waals surface area contributed by atoms with Crippen molar-refractivity contribution in [2.45, 2.75) is 39.2 Å². The summed E-state index contributed by atoms with van der Waals surface area (Å²) in [5.41, 5.74) is 1.55. The number of carbonyl (C=O) groups excluding carboxylic acids is 1. The Bertz CT molecular complexity index is 885. The molecule has 31 heavy (non-hydrogen) atoms. The lowest BCUT2D eigenvalue weighted by molar-refractivity contribution is -0.0498. The van der Waals surface area contributed by atoms with E-state index < -0.39 is 18.5 Å². The Hall–Kier alpha value is -2.94. The summed E-state index contributed by atoms with van der Waals surface area (Å²) in [5.74, 6) is -0.373. The zero-order chi connectivity index (χ0) is 22.5. The van der Waals surface area contributed by atoms with E-state index in [4.69, 9.17) is 4.74 Å². The zero-order valence-electron chi connectivity index (χ0n) is 17.6. The van der Waals surface area contributed by atoms with Gasteiger partial charge in [-0.25, -0.2) is 9.18 Å². The number of carbonyl (C=O) groups is 1. The van der Waals surface area contributed by atoms with Crippen LogP contribution in [0, 0.1) is 5.82 Å². The van der Waals surface area contributed by atoms with Gasteiger partial charge in [-0.05, 0) is 49.7 Å². The predicted octanol–water partition coefficient (Wildman–Crippen LogP) is 4.70. The molecule has 2 aromatic rings. The van der Waals surface area contributed by atoms with Crippen LogP contribution in [0.5, 0.6) is 5.75 Å². The summed E-state index contributed by atoms with van der Waals surface area (Å²) in [7, 11) is 1.58. The molecule has 0 bridgehead atoms. The first-order valence-electron chi connectivity index (χ1n) is 9.97. The van der Waals surface area contributed by atoms with Crippen LogP contribution in [0.2, 0.25) is 0 Å². The van der Waals surface area contributed by atoms with Crippen LogP contribution in [-0.2, 0) is 11.3 Å². The maximum atomic E-state index is 14.7. The zero-order valence-corrected chi connectivity index (χ0v) is 17.6. The molecule has 1 saturated heterocycles. The standard InChI is InChI=1S/C22H26F3N3O3/c1-14-11-28(12-15(2)30-14)20-9-6-17(10-19(20)23)26-22(29)27(3)13-16-4-7-18(8-5-16)31-21(24)25/h4-10,14-15,21H,11-13H2,1-3H3,(H,26,29). The molecule has 3 rings (SSSR count). The van der Waals surface area contributed by atoms with Gasteiger partial charge in [0, 0.05) is 32.4 Å². The quantitative estimate of drug-likeness (QED) is 0.712. The minimum absolute atomic E-state index is 0.00665. The fraction of sp³-hybridized carbons (Fsp3) is 0.409. The van der Waals surface area contributed by atoms with Gasteiger partial charge in [0.2, 0.25) is 0 Å². The Morgan fingerprint density at radius 1 is 1.19 bits per heavy atom. The average Bonchev–Trinajstić information content (AvgIpc) is 2.68. The predicted molar refractivity (Wildman–Crippen MR) is 112 cm³/mol. The van der Waals surface area contributed by atoms with E-state index in [1.807, 2.05) is 18.7 Å². The van der Waals surface area contributed by atoms with Crippen LogP contribution in [0.4, 0.5) is 29.3 Å². The molecule has 0 saturated carbocycles. The number of nitrogens with zero attached hydrogens (tertiary/aromatic N) is 2. The lowest BCUT2D eigenvalue weighted by atomic mass is 10.2. The van der Waals surface area contributed by atoms with Crippen LogP contribution < -0.4 is 15.0 Å². The SMILES string of the molecule is CC1CN(c2ccc(NC(=O)N(C)Cc3ccc(OC(F)F)cc3)cc2F)CC(C)O1. The number of alkyl halides is 2. The van der Waals surface area contributed by atoms with Crippen molar-refractivity contribution in [3.63, 3.8) is 0 Å². The third kappa shape index (κ3) is 6.27. The molecule has 0 aliphatic carbocycles. The second kappa shape index (κ2) is 9.91. The van der Waals surface area contributed by atoms with Crippen molar-refractivity contribution in [3.8, 4) is 5.75 Å². The first-order chi connectivity index (χ1) is 14.7. The fourth-order valence-corrected chi connectivity index (χ4v) is 3.56. The van der Waals surface area contributed by atoms with Gasteiger partial charge in [0.15, 0.2) is 0 Å². The minimum atomic E-state index is -2.89. The molecule has 1 heterocycles. The molecule has 2 amide bonds. The van der Waals surface area contributed by atoms with E-state index >= 15 is 0 Å². The van der Waals surface area contributed by atoms with E-state index in [0.717, 1.165) is 5.56 Å². The average molecular weight is 437 g/mol. The maximum Gasteiger partial charge on any atom is 0.387 e. The highest BCUT2D eigenvalue weighted by Crippen LogP contribution is 2.26. The highest BCUT2D eigenvalue weighted by molar-refractivity contribution is 5.89. The molecule has 0 radical (unpaired) electrons. The minimum Gasteiger partial charge on any atom is -0.435 e. The maximum absolute atomic E-state index is 14.7. The lowest BCUT2D eigenvalue weighted by Crippen LogP contribution is -2.45. The summed E-state index contributed by atoms with van der Waals surface area (Å²) in [6.07, 6.45) is 0.0133. The molecule has 9 heteroatoms.